The number of β-amino-alcohol motifs (C(OH)–C–C–N with tert-alkyl or cyclic N) is 1. The van der Waals surface area contributed by atoms with Crippen molar-refractivity contribution < 1.29 is 13.9 Å². The van der Waals surface area contributed by atoms with Gasteiger partial charge < -0.3 is 5.11 Å². The maximum absolute atomic E-state index is 13.7. The zero-order valence-electron chi connectivity index (χ0n) is 12.1. The Morgan fingerprint density at radius 2 is 1.95 bits per heavy atom. The average molecular weight is 296 g/mol. The quantitative estimate of drug-likeness (QED) is 0.922. The first-order valence-corrected chi connectivity index (χ1v) is 7.73. The van der Waals surface area contributed by atoms with Crippen molar-refractivity contribution in [1.29, 1.82) is 0 Å². The highest BCUT2D eigenvalue weighted by Gasteiger charge is 2.30. The van der Waals surface area contributed by atoms with Crippen molar-refractivity contribution in [2.75, 3.05) is 32.7 Å². The van der Waals surface area contributed by atoms with Crippen molar-refractivity contribution in [2.24, 2.45) is 0 Å². The maximum Gasteiger partial charge on any atom is 0.131 e. The predicted octanol–water partition coefficient (Wildman–Crippen LogP) is 2.17. The summed E-state index contributed by atoms with van der Waals surface area (Å²) in [6.07, 6.45) is 2.77. The molecule has 1 aromatic rings. The first-order valence-electron chi connectivity index (χ1n) is 7.73. The molecule has 0 aliphatic carbocycles. The second-order valence-electron chi connectivity index (χ2n) is 6.13. The normalized spacial score (nSPS) is 25.6. The molecule has 2 heterocycles. The topological polar surface area (TPSA) is 26.7 Å². The van der Waals surface area contributed by atoms with Gasteiger partial charge in [0, 0.05) is 30.8 Å². The van der Waals surface area contributed by atoms with Crippen molar-refractivity contribution in [1.82, 2.24) is 9.80 Å². The molecule has 2 unspecified atom stereocenters. The van der Waals surface area contributed by atoms with Crippen molar-refractivity contribution in [3.05, 3.63) is 35.4 Å². The molecule has 2 atom stereocenters. The zero-order valence-corrected chi connectivity index (χ0v) is 12.1. The lowest BCUT2D eigenvalue weighted by molar-refractivity contribution is 0.117. The summed E-state index contributed by atoms with van der Waals surface area (Å²) >= 11 is 0. The molecular formula is C16H22F2N2O. The Morgan fingerprint density at radius 1 is 1.19 bits per heavy atom. The zero-order chi connectivity index (χ0) is 14.8. The van der Waals surface area contributed by atoms with Gasteiger partial charge in [0.1, 0.15) is 11.6 Å². The Balaban J connectivity index is 1.56. The highest BCUT2D eigenvalue weighted by atomic mass is 19.1. The summed E-state index contributed by atoms with van der Waals surface area (Å²) in [5.74, 6) is -1.28. The van der Waals surface area contributed by atoms with Gasteiger partial charge in [-0.15, -0.1) is 0 Å². The van der Waals surface area contributed by atoms with Crippen LogP contribution in [0.1, 0.15) is 30.9 Å². The molecule has 5 heteroatoms. The molecule has 2 saturated heterocycles. The third-order valence-electron chi connectivity index (χ3n) is 4.66. The monoisotopic (exact) mass is 296 g/mol. The second-order valence-corrected chi connectivity index (χ2v) is 6.13. The van der Waals surface area contributed by atoms with Crippen LogP contribution in [-0.4, -0.2) is 53.7 Å². The van der Waals surface area contributed by atoms with Crippen LogP contribution in [0.5, 0.6) is 0 Å². The fraction of sp³-hybridized carbons (Fsp3) is 0.625. The minimum Gasteiger partial charge on any atom is -0.387 e. The van der Waals surface area contributed by atoms with Crippen LogP contribution in [0, 0.1) is 11.6 Å². The highest BCUT2D eigenvalue weighted by Crippen LogP contribution is 2.24. The number of hydrogen-bond acceptors (Lipinski definition) is 3. The third-order valence-corrected chi connectivity index (χ3v) is 4.66. The van der Waals surface area contributed by atoms with Gasteiger partial charge in [-0.3, -0.25) is 9.80 Å². The molecule has 1 N–H and O–H groups in total. The van der Waals surface area contributed by atoms with Gasteiger partial charge >= 0.3 is 0 Å². The van der Waals surface area contributed by atoms with Gasteiger partial charge in [0.2, 0.25) is 0 Å². The van der Waals surface area contributed by atoms with E-state index in [1.165, 1.54) is 38.1 Å². The van der Waals surface area contributed by atoms with E-state index in [9.17, 15) is 13.9 Å². The van der Waals surface area contributed by atoms with Crippen molar-refractivity contribution >= 4 is 0 Å². The highest BCUT2D eigenvalue weighted by molar-refractivity contribution is 5.21. The van der Waals surface area contributed by atoms with Crippen molar-refractivity contribution in [3.8, 4) is 0 Å². The van der Waals surface area contributed by atoms with E-state index >= 15 is 0 Å². The molecule has 0 aromatic heterocycles. The van der Waals surface area contributed by atoms with Gasteiger partial charge in [-0.1, -0.05) is 6.07 Å². The molecular weight excluding hydrogens is 274 g/mol. The SMILES string of the molecule is OC(CN1CCC(N2CCCC2)C1)c1ccc(F)cc1F. The summed E-state index contributed by atoms with van der Waals surface area (Å²) in [7, 11) is 0. The molecule has 3 rings (SSSR count). The summed E-state index contributed by atoms with van der Waals surface area (Å²) in [5, 5.41) is 10.2. The first kappa shape index (κ1) is 14.9. The van der Waals surface area contributed by atoms with Crippen LogP contribution < -0.4 is 0 Å². The molecule has 1 aromatic carbocycles. The number of rotatable bonds is 4. The number of nitrogens with zero attached hydrogens (tertiary/aromatic N) is 2. The molecule has 116 valence electrons. The van der Waals surface area contributed by atoms with E-state index in [1.807, 2.05) is 0 Å². The largest absolute Gasteiger partial charge is 0.387 e. The van der Waals surface area contributed by atoms with E-state index in [0.29, 0.717) is 12.6 Å². The minimum absolute atomic E-state index is 0.182. The van der Waals surface area contributed by atoms with Gasteiger partial charge in [-0.2, -0.15) is 0 Å². The van der Waals surface area contributed by atoms with Crippen LogP contribution >= 0.6 is 0 Å². The Kier molecular flexibility index (Phi) is 4.52. The maximum atomic E-state index is 13.7. The minimum atomic E-state index is -0.900. The summed E-state index contributed by atoms with van der Waals surface area (Å²) < 4.78 is 26.6. The number of hydrogen-bond donors (Lipinski definition) is 1. The fourth-order valence-electron chi connectivity index (χ4n) is 3.50. The Bertz CT molecular complexity index is 491. The van der Waals surface area contributed by atoms with Gasteiger partial charge in [-0.05, 0) is 45.0 Å². The summed E-state index contributed by atoms with van der Waals surface area (Å²) in [4.78, 5) is 4.70. The third kappa shape index (κ3) is 3.42. The van der Waals surface area contributed by atoms with Crippen molar-refractivity contribution in [3.63, 3.8) is 0 Å². The van der Waals surface area contributed by atoms with Gasteiger partial charge in [0.05, 0.1) is 6.10 Å². The lowest BCUT2D eigenvalue weighted by Gasteiger charge is -2.25. The van der Waals surface area contributed by atoms with Gasteiger partial charge in [0.15, 0.2) is 0 Å². The molecule has 21 heavy (non-hydrogen) atoms. The molecule has 0 radical (unpaired) electrons. The Labute approximate surface area is 124 Å². The van der Waals surface area contributed by atoms with E-state index in [1.54, 1.807) is 0 Å². The van der Waals surface area contributed by atoms with E-state index in [2.05, 4.69) is 9.80 Å². The molecule has 3 nitrogen and oxygen atoms in total. The van der Waals surface area contributed by atoms with Crippen LogP contribution in [0.15, 0.2) is 18.2 Å². The van der Waals surface area contributed by atoms with Crippen LogP contribution in [0.3, 0.4) is 0 Å². The molecule has 0 amide bonds. The number of aliphatic hydroxyl groups is 1. The Morgan fingerprint density at radius 3 is 2.67 bits per heavy atom. The summed E-state index contributed by atoms with van der Waals surface area (Å²) in [6, 6.07) is 3.93. The molecule has 0 saturated carbocycles. The molecule has 2 fully saturated rings. The molecule has 2 aliphatic rings. The standard InChI is InChI=1S/C16H22F2N2O/c17-12-3-4-14(15(18)9-12)16(21)11-19-8-5-13(10-19)20-6-1-2-7-20/h3-4,9,13,16,21H,1-2,5-8,10-11H2. The molecule has 0 spiro atoms. The predicted molar refractivity (Wildman–Crippen MR) is 77.0 cm³/mol. The van der Waals surface area contributed by atoms with E-state index in [0.717, 1.165) is 25.6 Å². The lowest BCUT2D eigenvalue weighted by Crippen LogP contribution is -2.36. The van der Waals surface area contributed by atoms with Crippen LogP contribution in [0.25, 0.3) is 0 Å². The number of benzene rings is 1. The second kappa shape index (κ2) is 6.38. The van der Waals surface area contributed by atoms with E-state index < -0.39 is 17.7 Å². The van der Waals surface area contributed by atoms with Crippen LogP contribution in [-0.2, 0) is 0 Å². The van der Waals surface area contributed by atoms with Gasteiger partial charge in [-0.25, -0.2) is 8.78 Å². The van der Waals surface area contributed by atoms with Crippen molar-refractivity contribution in [2.45, 2.75) is 31.4 Å². The average Bonchev–Trinajstić information content (AvgIpc) is 3.08. The number of aliphatic hydroxyl groups excluding tert-OH is 1. The molecule has 0 bridgehead atoms. The van der Waals surface area contributed by atoms with Crippen LogP contribution in [0.2, 0.25) is 0 Å². The Hall–Kier alpha value is -1.04. The number of halogens is 2. The van der Waals surface area contributed by atoms with Crippen LogP contribution in [0.4, 0.5) is 8.78 Å². The van der Waals surface area contributed by atoms with Gasteiger partial charge in [0.25, 0.3) is 0 Å². The molecule has 2 aliphatic heterocycles. The fourth-order valence-corrected chi connectivity index (χ4v) is 3.50. The first-order chi connectivity index (χ1) is 10.1. The van der Waals surface area contributed by atoms with E-state index in [-0.39, 0.29) is 5.56 Å². The summed E-state index contributed by atoms with van der Waals surface area (Å²) in [6.45, 7) is 4.62. The lowest BCUT2D eigenvalue weighted by atomic mass is 10.1. The van der Waals surface area contributed by atoms with E-state index in [4.69, 9.17) is 0 Å². The smallest absolute Gasteiger partial charge is 0.131 e. The summed E-state index contributed by atoms with van der Waals surface area (Å²) in [5.41, 5.74) is 0.182. The number of likely N-dealkylation sites (tertiary alicyclic amines) is 2.